The Morgan fingerprint density at radius 3 is 2.75 bits per heavy atom. The molecular weight excluding hydrogens is 266 g/mol. The Morgan fingerprint density at radius 1 is 1.35 bits per heavy atom. The highest BCUT2D eigenvalue weighted by Gasteiger charge is 2.15. The van der Waals surface area contributed by atoms with Crippen molar-refractivity contribution in [2.45, 2.75) is 33.4 Å². The summed E-state index contributed by atoms with van der Waals surface area (Å²) in [6.07, 6.45) is 0. The first-order chi connectivity index (χ1) is 9.51. The molecule has 0 saturated carbocycles. The summed E-state index contributed by atoms with van der Waals surface area (Å²) in [5, 5.41) is 4.37. The zero-order valence-electron chi connectivity index (χ0n) is 12.9. The van der Waals surface area contributed by atoms with Gasteiger partial charge in [0.1, 0.15) is 0 Å². The largest absolute Gasteiger partial charge is 0.347 e. The van der Waals surface area contributed by atoms with Crippen LogP contribution in [0.25, 0.3) is 0 Å². The van der Waals surface area contributed by atoms with Crippen molar-refractivity contribution in [3.8, 4) is 0 Å². The molecule has 20 heavy (non-hydrogen) atoms. The molecule has 0 saturated heterocycles. The number of nitrogens with zero attached hydrogens (tertiary/aromatic N) is 2. The summed E-state index contributed by atoms with van der Waals surface area (Å²) < 4.78 is 0. The van der Waals surface area contributed by atoms with Crippen molar-refractivity contribution in [3.63, 3.8) is 0 Å². The lowest BCUT2D eigenvalue weighted by Crippen LogP contribution is -2.16. The summed E-state index contributed by atoms with van der Waals surface area (Å²) in [4.78, 5) is 8.24. The van der Waals surface area contributed by atoms with Crippen LogP contribution in [0.15, 0.2) is 24.3 Å². The molecule has 4 heteroatoms. The van der Waals surface area contributed by atoms with Gasteiger partial charge in [0.05, 0.1) is 5.69 Å². The molecule has 1 aromatic carbocycles. The minimum absolute atomic E-state index is 0.355. The zero-order chi connectivity index (χ0) is 14.7. The van der Waals surface area contributed by atoms with Crippen molar-refractivity contribution in [2.24, 2.45) is 0 Å². The summed E-state index contributed by atoms with van der Waals surface area (Å²) in [5.74, 6) is 0. The second-order valence-corrected chi connectivity index (χ2v) is 6.31. The highest BCUT2D eigenvalue weighted by atomic mass is 32.1. The first kappa shape index (κ1) is 15.0. The fraction of sp³-hybridized carbons (Fsp3) is 0.438. The van der Waals surface area contributed by atoms with E-state index in [4.69, 9.17) is 4.98 Å². The molecule has 2 aromatic rings. The number of hydrogen-bond acceptors (Lipinski definition) is 4. The van der Waals surface area contributed by atoms with E-state index >= 15 is 0 Å². The fourth-order valence-corrected chi connectivity index (χ4v) is 3.33. The average Bonchev–Trinajstić information content (AvgIpc) is 2.80. The Balaban J connectivity index is 2.15. The lowest BCUT2D eigenvalue weighted by molar-refractivity contribution is 0.658. The highest BCUT2D eigenvalue weighted by Crippen LogP contribution is 2.30. The van der Waals surface area contributed by atoms with Gasteiger partial charge in [0.25, 0.3) is 0 Å². The van der Waals surface area contributed by atoms with Crippen molar-refractivity contribution in [1.29, 1.82) is 0 Å². The number of nitrogens with one attached hydrogen (secondary N) is 1. The van der Waals surface area contributed by atoms with E-state index in [2.05, 4.69) is 62.3 Å². The van der Waals surface area contributed by atoms with Gasteiger partial charge in [-0.25, -0.2) is 4.98 Å². The molecule has 108 valence electrons. The summed E-state index contributed by atoms with van der Waals surface area (Å²) >= 11 is 1.78. The highest BCUT2D eigenvalue weighted by molar-refractivity contribution is 7.15. The molecule has 0 spiro atoms. The quantitative estimate of drug-likeness (QED) is 0.910. The first-order valence-electron chi connectivity index (χ1n) is 6.92. The van der Waals surface area contributed by atoms with Crippen molar-refractivity contribution >= 4 is 16.5 Å². The molecule has 0 amide bonds. The third-order valence-corrected chi connectivity index (χ3v) is 4.93. The van der Waals surface area contributed by atoms with Gasteiger partial charge in [0.15, 0.2) is 5.13 Å². The fourth-order valence-electron chi connectivity index (χ4n) is 2.24. The molecular formula is C16H23N3S. The van der Waals surface area contributed by atoms with Gasteiger partial charge in [0, 0.05) is 24.5 Å². The van der Waals surface area contributed by atoms with Crippen LogP contribution < -0.4 is 10.2 Å². The van der Waals surface area contributed by atoms with Crippen LogP contribution in [-0.4, -0.2) is 19.1 Å². The molecule has 1 N–H and O–H groups in total. The molecule has 0 radical (unpaired) electrons. The Bertz CT molecular complexity index is 577. The number of thiazole rings is 1. The lowest BCUT2D eigenvalue weighted by atomic mass is 10.1. The van der Waals surface area contributed by atoms with E-state index in [1.165, 1.54) is 16.0 Å². The van der Waals surface area contributed by atoms with Crippen LogP contribution in [0, 0.1) is 13.8 Å². The molecule has 2 rings (SSSR count). The number of rotatable bonds is 5. The molecule has 1 atom stereocenters. The zero-order valence-corrected chi connectivity index (χ0v) is 13.7. The Morgan fingerprint density at radius 2 is 2.10 bits per heavy atom. The van der Waals surface area contributed by atoms with E-state index < -0.39 is 0 Å². The first-order valence-corrected chi connectivity index (χ1v) is 7.74. The second-order valence-electron chi connectivity index (χ2n) is 5.30. The Labute approximate surface area is 125 Å². The summed E-state index contributed by atoms with van der Waals surface area (Å²) in [6, 6.07) is 8.99. The van der Waals surface area contributed by atoms with Crippen LogP contribution >= 0.6 is 11.3 Å². The molecule has 0 fully saturated rings. The van der Waals surface area contributed by atoms with Crippen LogP contribution in [0.3, 0.4) is 0 Å². The number of aryl methyl sites for hydroxylation is 2. The normalized spacial score (nSPS) is 12.4. The monoisotopic (exact) mass is 289 g/mol. The van der Waals surface area contributed by atoms with Gasteiger partial charge < -0.3 is 10.2 Å². The molecule has 0 aliphatic heterocycles. The van der Waals surface area contributed by atoms with Gasteiger partial charge in [-0.05, 0) is 33.4 Å². The summed E-state index contributed by atoms with van der Waals surface area (Å²) in [7, 11) is 4.09. The van der Waals surface area contributed by atoms with E-state index in [-0.39, 0.29) is 0 Å². The number of anilines is 1. The number of hydrogen-bond donors (Lipinski definition) is 1. The Hall–Kier alpha value is -1.39. The minimum Gasteiger partial charge on any atom is -0.347 e. The summed E-state index contributed by atoms with van der Waals surface area (Å²) in [6.45, 7) is 7.28. The number of aromatic nitrogens is 1. The van der Waals surface area contributed by atoms with Crippen LogP contribution in [0.1, 0.15) is 34.7 Å². The second kappa shape index (κ2) is 6.37. The molecule has 0 aliphatic carbocycles. The van der Waals surface area contributed by atoms with E-state index in [1.54, 1.807) is 11.3 Å². The van der Waals surface area contributed by atoms with Gasteiger partial charge in [-0.2, -0.15) is 0 Å². The van der Waals surface area contributed by atoms with Crippen molar-refractivity contribution < 1.29 is 0 Å². The minimum atomic E-state index is 0.355. The molecule has 1 aromatic heterocycles. The van der Waals surface area contributed by atoms with Crippen LogP contribution in [0.4, 0.5) is 5.13 Å². The summed E-state index contributed by atoms with van der Waals surface area (Å²) in [5.41, 5.74) is 3.75. The molecule has 1 unspecified atom stereocenters. The lowest BCUT2D eigenvalue weighted by Gasteiger charge is -2.16. The molecule has 0 aliphatic rings. The van der Waals surface area contributed by atoms with Crippen LogP contribution in [-0.2, 0) is 6.54 Å². The topological polar surface area (TPSA) is 28.2 Å². The van der Waals surface area contributed by atoms with Crippen LogP contribution in [0.5, 0.6) is 0 Å². The van der Waals surface area contributed by atoms with E-state index in [1.807, 2.05) is 7.05 Å². The van der Waals surface area contributed by atoms with E-state index in [9.17, 15) is 0 Å². The molecule has 1 heterocycles. The SMILES string of the molecule is CNC(C)c1sc(N(C)Cc2cccc(C)c2)nc1C. The average molecular weight is 289 g/mol. The predicted octanol–water partition coefficient (Wildman–Crippen LogP) is 3.68. The van der Waals surface area contributed by atoms with E-state index in [0.717, 1.165) is 17.4 Å². The van der Waals surface area contributed by atoms with Crippen molar-refractivity contribution in [2.75, 3.05) is 19.0 Å². The van der Waals surface area contributed by atoms with Gasteiger partial charge in [-0.3, -0.25) is 0 Å². The Kier molecular flexibility index (Phi) is 4.78. The van der Waals surface area contributed by atoms with Gasteiger partial charge in [0.2, 0.25) is 0 Å². The number of benzene rings is 1. The third-order valence-electron chi connectivity index (χ3n) is 3.48. The van der Waals surface area contributed by atoms with Crippen molar-refractivity contribution in [3.05, 3.63) is 46.0 Å². The molecule has 0 bridgehead atoms. The van der Waals surface area contributed by atoms with Gasteiger partial charge >= 0.3 is 0 Å². The van der Waals surface area contributed by atoms with Crippen LogP contribution in [0.2, 0.25) is 0 Å². The molecule has 3 nitrogen and oxygen atoms in total. The maximum atomic E-state index is 4.70. The van der Waals surface area contributed by atoms with E-state index in [0.29, 0.717) is 6.04 Å². The standard InChI is InChI=1S/C16H23N3S/c1-11-7-6-8-14(9-11)10-19(5)16-18-13(3)15(20-16)12(2)17-4/h6-9,12,17H,10H2,1-5H3. The van der Waals surface area contributed by atoms with Gasteiger partial charge in [-0.1, -0.05) is 29.8 Å². The maximum Gasteiger partial charge on any atom is 0.185 e. The smallest absolute Gasteiger partial charge is 0.185 e. The third kappa shape index (κ3) is 3.38. The van der Waals surface area contributed by atoms with Crippen molar-refractivity contribution in [1.82, 2.24) is 10.3 Å². The predicted molar refractivity (Wildman–Crippen MR) is 87.6 cm³/mol. The van der Waals surface area contributed by atoms with Gasteiger partial charge in [-0.15, -0.1) is 11.3 Å². The maximum absolute atomic E-state index is 4.70.